The highest BCUT2D eigenvalue weighted by Gasteiger charge is 2.29. The average Bonchev–Trinajstić information content (AvgIpc) is 2.31. The second-order valence-corrected chi connectivity index (χ2v) is 5.92. The molecule has 2 rings (SSSR count). The van der Waals surface area contributed by atoms with E-state index < -0.39 is 0 Å². The number of hydrogen-bond donors (Lipinski definition) is 1. The lowest BCUT2D eigenvalue weighted by molar-refractivity contribution is 0.0580. The molecule has 3 nitrogen and oxygen atoms in total. The van der Waals surface area contributed by atoms with Crippen LogP contribution in [0.1, 0.15) is 41.6 Å². The molecule has 19 heavy (non-hydrogen) atoms. The number of benzene rings is 1. The van der Waals surface area contributed by atoms with Crippen molar-refractivity contribution < 1.29 is 9.90 Å². The Labute approximate surface area is 122 Å². The Bertz CT molecular complexity index is 457. The summed E-state index contributed by atoms with van der Waals surface area (Å²) in [5.41, 5.74) is 1.55. The maximum atomic E-state index is 12.6. The van der Waals surface area contributed by atoms with E-state index in [9.17, 15) is 9.90 Å². The van der Waals surface area contributed by atoms with Gasteiger partial charge in [0.1, 0.15) is 5.75 Å². The Kier molecular flexibility index (Phi) is 4.86. The standard InChI is InChI=1S/C15H20BrNO2/c1-11-10-13(18)6-7-14(11)15(19)17(9-3-8-16)12-4-2-5-12/h6-7,10,12,18H,2-5,8-9H2,1H3. The molecule has 4 heteroatoms. The van der Waals surface area contributed by atoms with Gasteiger partial charge in [0, 0.05) is 23.5 Å². The molecule has 0 radical (unpaired) electrons. The summed E-state index contributed by atoms with van der Waals surface area (Å²) in [7, 11) is 0. The number of halogens is 1. The lowest BCUT2D eigenvalue weighted by atomic mass is 9.90. The first-order chi connectivity index (χ1) is 9.13. The van der Waals surface area contributed by atoms with Gasteiger partial charge in [-0.05, 0) is 56.4 Å². The third-order valence-electron chi connectivity index (χ3n) is 3.75. The van der Waals surface area contributed by atoms with Gasteiger partial charge < -0.3 is 10.0 Å². The van der Waals surface area contributed by atoms with Crippen LogP contribution < -0.4 is 0 Å². The number of nitrogens with zero attached hydrogens (tertiary/aromatic N) is 1. The summed E-state index contributed by atoms with van der Waals surface area (Å²) >= 11 is 3.43. The van der Waals surface area contributed by atoms with E-state index in [1.807, 2.05) is 11.8 Å². The number of phenolic OH excluding ortho intramolecular Hbond substituents is 1. The van der Waals surface area contributed by atoms with Crippen molar-refractivity contribution in [2.75, 3.05) is 11.9 Å². The van der Waals surface area contributed by atoms with Crippen LogP contribution in [-0.4, -0.2) is 33.8 Å². The van der Waals surface area contributed by atoms with Gasteiger partial charge in [-0.15, -0.1) is 0 Å². The fourth-order valence-corrected chi connectivity index (χ4v) is 2.67. The van der Waals surface area contributed by atoms with E-state index in [0.717, 1.165) is 36.7 Å². The van der Waals surface area contributed by atoms with Gasteiger partial charge in [-0.3, -0.25) is 4.79 Å². The number of carbonyl (C=O) groups excluding carboxylic acids is 1. The van der Waals surface area contributed by atoms with Gasteiger partial charge in [0.2, 0.25) is 0 Å². The fraction of sp³-hybridized carbons (Fsp3) is 0.533. The summed E-state index contributed by atoms with van der Waals surface area (Å²) < 4.78 is 0. The fourth-order valence-electron chi connectivity index (χ4n) is 2.42. The molecule has 0 unspecified atom stereocenters. The number of alkyl halides is 1. The molecule has 0 bridgehead atoms. The molecular formula is C15H20BrNO2. The number of amides is 1. The number of hydrogen-bond acceptors (Lipinski definition) is 2. The maximum Gasteiger partial charge on any atom is 0.254 e. The van der Waals surface area contributed by atoms with Crippen LogP contribution in [0.4, 0.5) is 0 Å². The molecule has 1 saturated carbocycles. The van der Waals surface area contributed by atoms with Crippen LogP contribution in [0.25, 0.3) is 0 Å². The zero-order valence-corrected chi connectivity index (χ0v) is 12.8. The Morgan fingerprint density at radius 3 is 2.74 bits per heavy atom. The Hall–Kier alpha value is -1.03. The number of aromatic hydroxyl groups is 1. The van der Waals surface area contributed by atoms with Gasteiger partial charge in [-0.2, -0.15) is 0 Å². The zero-order valence-electron chi connectivity index (χ0n) is 11.2. The van der Waals surface area contributed by atoms with E-state index in [2.05, 4.69) is 15.9 Å². The van der Waals surface area contributed by atoms with Crippen molar-refractivity contribution in [2.45, 2.75) is 38.6 Å². The molecule has 0 atom stereocenters. The van der Waals surface area contributed by atoms with Crippen LogP contribution in [0.5, 0.6) is 5.75 Å². The monoisotopic (exact) mass is 325 g/mol. The normalized spacial score (nSPS) is 15.1. The minimum Gasteiger partial charge on any atom is -0.508 e. The van der Waals surface area contributed by atoms with Crippen molar-refractivity contribution >= 4 is 21.8 Å². The van der Waals surface area contributed by atoms with Gasteiger partial charge in [0.05, 0.1) is 0 Å². The highest BCUT2D eigenvalue weighted by molar-refractivity contribution is 9.09. The SMILES string of the molecule is Cc1cc(O)ccc1C(=O)N(CCCBr)C1CCC1. The van der Waals surface area contributed by atoms with Crippen molar-refractivity contribution in [2.24, 2.45) is 0 Å². The average molecular weight is 326 g/mol. The third-order valence-corrected chi connectivity index (χ3v) is 4.31. The molecule has 1 amide bonds. The van der Waals surface area contributed by atoms with E-state index >= 15 is 0 Å². The maximum absolute atomic E-state index is 12.6. The van der Waals surface area contributed by atoms with Crippen LogP contribution in [0, 0.1) is 6.92 Å². The number of aryl methyl sites for hydroxylation is 1. The van der Waals surface area contributed by atoms with E-state index in [0.29, 0.717) is 11.6 Å². The smallest absolute Gasteiger partial charge is 0.254 e. The quantitative estimate of drug-likeness (QED) is 0.842. The first-order valence-electron chi connectivity index (χ1n) is 6.80. The molecule has 104 valence electrons. The molecule has 0 saturated heterocycles. The van der Waals surface area contributed by atoms with Gasteiger partial charge in [-0.1, -0.05) is 15.9 Å². The van der Waals surface area contributed by atoms with E-state index in [4.69, 9.17) is 0 Å². The Morgan fingerprint density at radius 2 is 2.21 bits per heavy atom. The summed E-state index contributed by atoms with van der Waals surface area (Å²) in [6.45, 7) is 2.67. The first kappa shape index (κ1) is 14.4. The molecule has 1 aromatic rings. The number of carbonyl (C=O) groups is 1. The minimum absolute atomic E-state index is 0.100. The summed E-state index contributed by atoms with van der Waals surface area (Å²) in [4.78, 5) is 14.7. The van der Waals surface area contributed by atoms with Gasteiger partial charge >= 0.3 is 0 Å². The predicted molar refractivity (Wildman–Crippen MR) is 79.9 cm³/mol. The molecule has 1 aliphatic carbocycles. The lowest BCUT2D eigenvalue weighted by Gasteiger charge is -2.38. The number of rotatable bonds is 5. The molecule has 1 aromatic carbocycles. The highest BCUT2D eigenvalue weighted by atomic mass is 79.9. The molecule has 0 aliphatic heterocycles. The molecule has 0 spiro atoms. The van der Waals surface area contributed by atoms with E-state index in [-0.39, 0.29) is 11.7 Å². The molecule has 0 aromatic heterocycles. The van der Waals surface area contributed by atoms with Crippen LogP contribution in [0.2, 0.25) is 0 Å². The summed E-state index contributed by atoms with van der Waals surface area (Å²) in [6.07, 6.45) is 4.42. The van der Waals surface area contributed by atoms with Crippen molar-refractivity contribution in [1.82, 2.24) is 4.90 Å². The minimum atomic E-state index is 0.100. The second-order valence-electron chi connectivity index (χ2n) is 5.13. The van der Waals surface area contributed by atoms with Crippen LogP contribution in [0.3, 0.4) is 0 Å². The predicted octanol–water partition coefficient (Wildman–Crippen LogP) is 3.48. The van der Waals surface area contributed by atoms with Crippen LogP contribution in [0.15, 0.2) is 18.2 Å². The molecule has 0 heterocycles. The third kappa shape index (κ3) is 3.30. The van der Waals surface area contributed by atoms with E-state index in [1.54, 1.807) is 18.2 Å². The molecule has 1 N–H and O–H groups in total. The van der Waals surface area contributed by atoms with Crippen molar-refractivity contribution in [3.8, 4) is 5.75 Å². The largest absolute Gasteiger partial charge is 0.508 e. The highest BCUT2D eigenvalue weighted by Crippen LogP contribution is 2.27. The van der Waals surface area contributed by atoms with Gasteiger partial charge in [-0.25, -0.2) is 0 Å². The summed E-state index contributed by atoms with van der Waals surface area (Å²) in [5.74, 6) is 0.313. The van der Waals surface area contributed by atoms with E-state index in [1.165, 1.54) is 6.42 Å². The summed E-state index contributed by atoms with van der Waals surface area (Å²) in [5, 5.41) is 10.3. The molecular weight excluding hydrogens is 306 g/mol. The van der Waals surface area contributed by atoms with Crippen LogP contribution >= 0.6 is 15.9 Å². The van der Waals surface area contributed by atoms with Crippen LogP contribution in [-0.2, 0) is 0 Å². The first-order valence-corrected chi connectivity index (χ1v) is 7.92. The van der Waals surface area contributed by atoms with Gasteiger partial charge in [0.25, 0.3) is 5.91 Å². The topological polar surface area (TPSA) is 40.5 Å². The van der Waals surface area contributed by atoms with Crippen molar-refractivity contribution in [3.05, 3.63) is 29.3 Å². The molecule has 1 aliphatic rings. The zero-order chi connectivity index (χ0) is 13.8. The van der Waals surface area contributed by atoms with Gasteiger partial charge in [0.15, 0.2) is 0 Å². The summed E-state index contributed by atoms with van der Waals surface area (Å²) in [6, 6.07) is 5.37. The van der Waals surface area contributed by atoms with Crippen molar-refractivity contribution in [3.63, 3.8) is 0 Å². The Balaban J connectivity index is 2.17. The number of phenols is 1. The Morgan fingerprint density at radius 1 is 1.47 bits per heavy atom. The second kappa shape index (κ2) is 6.42. The lowest BCUT2D eigenvalue weighted by Crippen LogP contribution is -2.45. The van der Waals surface area contributed by atoms with Crippen molar-refractivity contribution in [1.29, 1.82) is 0 Å². The molecule has 1 fully saturated rings.